The Morgan fingerprint density at radius 3 is 2.43 bits per heavy atom. The molecule has 14 heteroatoms. The summed E-state index contributed by atoms with van der Waals surface area (Å²) in [6, 6.07) is 4.67. The van der Waals surface area contributed by atoms with Gasteiger partial charge in [0, 0.05) is 51.3 Å². The molecule has 1 amide bonds. The number of amides is 1. The third-order valence-electron chi connectivity index (χ3n) is 10.3. The van der Waals surface area contributed by atoms with Crippen molar-refractivity contribution in [3.05, 3.63) is 47.0 Å². The Morgan fingerprint density at radius 2 is 1.79 bits per heavy atom. The Bertz CT molecular complexity index is 1310. The van der Waals surface area contributed by atoms with Crippen LogP contribution >= 0.6 is 11.6 Å². The number of aliphatic hydroxyl groups excluding tert-OH is 5. The van der Waals surface area contributed by atoms with E-state index in [0.717, 1.165) is 44.7 Å². The highest BCUT2D eigenvalue weighted by atomic mass is 35.5. The van der Waals surface area contributed by atoms with Crippen LogP contribution in [0.2, 0.25) is 5.02 Å². The largest absolute Gasteiger partial charge is 0.493 e. The molecule has 0 radical (unpaired) electrons. The number of ether oxygens (including phenoxy) is 1. The van der Waals surface area contributed by atoms with Crippen molar-refractivity contribution in [1.29, 1.82) is 0 Å². The summed E-state index contributed by atoms with van der Waals surface area (Å²) in [6.07, 6.45) is 3.77. The van der Waals surface area contributed by atoms with Gasteiger partial charge in [0.15, 0.2) is 0 Å². The number of anilines is 1. The van der Waals surface area contributed by atoms with E-state index >= 15 is 0 Å². The van der Waals surface area contributed by atoms with Crippen molar-refractivity contribution < 1.29 is 39.5 Å². The van der Waals surface area contributed by atoms with Crippen LogP contribution < -0.4 is 15.0 Å². The SMILES string of the molecule is O=C(Cc1ccc(OCCCC2CCC23CCN(c2ncc(Cl)cn2)CC3)cc1F)N1CC(CNC[C@H](O)[C@@H](O)[C@H](O)[C@H](O)CO)C1. The Morgan fingerprint density at radius 1 is 1.09 bits per heavy atom. The fourth-order valence-electron chi connectivity index (χ4n) is 7.06. The number of hydrogen-bond donors (Lipinski definition) is 6. The minimum Gasteiger partial charge on any atom is -0.493 e. The van der Waals surface area contributed by atoms with Crippen LogP contribution in [-0.4, -0.2) is 123 Å². The van der Waals surface area contributed by atoms with E-state index in [9.17, 15) is 29.6 Å². The number of carbonyl (C=O) groups is 1. The number of aliphatic hydroxyl groups is 5. The highest BCUT2D eigenvalue weighted by Gasteiger charge is 2.47. The highest BCUT2D eigenvalue weighted by molar-refractivity contribution is 6.30. The average Bonchev–Trinajstić information content (AvgIpc) is 3.05. The van der Waals surface area contributed by atoms with Gasteiger partial charge in [-0.25, -0.2) is 14.4 Å². The molecule has 1 unspecified atom stereocenters. The predicted molar refractivity (Wildman–Crippen MR) is 173 cm³/mol. The number of nitrogens with one attached hydrogen (secondary N) is 1. The molecule has 2 aromatic rings. The first-order valence-electron chi connectivity index (χ1n) is 16.5. The first-order chi connectivity index (χ1) is 22.6. The molecule has 1 aliphatic carbocycles. The summed E-state index contributed by atoms with van der Waals surface area (Å²) in [7, 11) is 0. The first-order valence-corrected chi connectivity index (χ1v) is 16.9. The minimum atomic E-state index is -1.67. The van der Waals surface area contributed by atoms with E-state index in [1.165, 1.54) is 18.9 Å². The van der Waals surface area contributed by atoms with E-state index in [0.29, 0.717) is 53.9 Å². The number of likely N-dealkylation sites (tertiary alicyclic amines) is 1. The number of benzene rings is 1. The fourth-order valence-corrected chi connectivity index (χ4v) is 7.16. The molecule has 1 saturated carbocycles. The van der Waals surface area contributed by atoms with E-state index < -0.39 is 36.8 Å². The van der Waals surface area contributed by atoms with Gasteiger partial charge in [0.25, 0.3) is 0 Å². The normalized spacial score (nSPS) is 21.9. The molecule has 47 heavy (non-hydrogen) atoms. The van der Waals surface area contributed by atoms with Crippen molar-refractivity contribution in [3.63, 3.8) is 0 Å². The lowest BCUT2D eigenvalue weighted by atomic mass is 9.54. The second-order valence-electron chi connectivity index (χ2n) is 13.3. The zero-order valence-electron chi connectivity index (χ0n) is 26.6. The first kappa shape index (κ1) is 35.7. The van der Waals surface area contributed by atoms with Gasteiger partial charge in [0.1, 0.15) is 29.9 Å². The fraction of sp³-hybridized carbons (Fsp3) is 0.667. The van der Waals surface area contributed by atoms with Crippen LogP contribution in [0, 0.1) is 23.1 Å². The third-order valence-corrected chi connectivity index (χ3v) is 10.5. The quantitative estimate of drug-likeness (QED) is 0.141. The summed E-state index contributed by atoms with van der Waals surface area (Å²) in [6.45, 7) is 3.06. The molecule has 1 spiro atoms. The van der Waals surface area contributed by atoms with E-state index in [2.05, 4.69) is 20.2 Å². The second-order valence-corrected chi connectivity index (χ2v) is 13.8. The van der Waals surface area contributed by atoms with Gasteiger partial charge in [0.2, 0.25) is 11.9 Å². The maximum absolute atomic E-state index is 14.9. The smallest absolute Gasteiger partial charge is 0.227 e. The van der Waals surface area contributed by atoms with Crippen molar-refractivity contribution in [2.24, 2.45) is 17.3 Å². The van der Waals surface area contributed by atoms with Crippen LogP contribution in [0.3, 0.4) is 0 Å². The summed E-state index contributed by atoms with van der Waals surface area (Å²) in [5.41, 5.74) is 0.704. The number of carbonyl (C=O) groups excluding carboxylic acids is 1. The monoisotopic (exact) mass is 679 g/mol. The number of aromatic nitrogens is 2. The van der Waals surface area contributed by atoms with Crippen LogP contribution in [0.15, 0.2) is 30.6 Å². The molecule has 3 fully saturated rings. The molecule has 2 saturated heterocycles. The Hall–Kier alpha value is -2.65. The molecule has 1 aromatic heterocycles. The van der Waals surface area contributed by atoms with Crippen LogP contribution in [-0.2, 0) is 11.2 Å². The van der Waals surface area contributed by atoms with E-state index in [-0.39, 0.29) is 24.8 Å². The van der Waals surface area contributed by atoms with Crippen molar-refractivity contribution in [2.75, 3.05) is 57.4 Å². The number of rotatable bonds is 16. The lowest BCUT2D eigenvalue weighted by Crippen LogP contribution is -2.55. The number of hydrogen-bond acceptors (Lipinski definition) is 11. The Labute approximate surface area is 279 Å². The molecule has 2 aliphatic heterocycles. The Balaban J connectivity index is 0.956. The zero-order valence-corrected chi connectivity index (χ0v) is 27.3. The zero-order chi connectivity index (χ0) is 33.6. The molecule has 5 rings (SSSR count). The van der Waals surface area contributed by atoms with Gasteiger partial charge in [-0.05, 0) is 61.5 Å². The molecule has 0 bridgehead atoms. The topological polar surface area (TPSA) is 172 Å². The number of piperidine rings is 1. The van der Waals surface area contributed by atoms with Gasteiger partial charge in [-0.1, -0.05) is 17.7 Å². The molecule has 5 atom stereocenters. The standard InChI is InChI=1S/C33H47ClFN5O7/c34-24-15-37-32(38-16-24)39-9-7-33(8-10-39)6-5-23(33)2-1-11-47-25-4-3-22(26(35)13-25)12-29(44)40-18-21(19-40)14-36-17-27(42)30(45)31(46)28(43)20-41/h3-4,13,15-16,21,23,27-28,30-31,36,41-43,45-46H,1-2,5-12,14,17-20H2/t23?,27-,28+,30+,31+/m0/s1. The average molecular weight is 680 g/mol. The minimum absolute atomic E-state index is 0.0390. The lowest BCUT2D eigenvalue weighted by Gasteiger charge is -2.54. The summed E-state index contributed by atoms with van der Waals surface area (Å²) in [5.74, 6) is 1.36. The van der Waals surface area contributed by atoms with Crippen molar-refractivity contribution >= 4 is 23.5 Å². The lowest BCUT2D eigenvalue weighted by molar-refractivity contribution is -0.136. The maximum Gasteiger partial charge on any atom is 0.227 e. The second kappa shape index (κ2) is 16.2. The van der Waals surface area contributed by atoms with Gasteiger partial charge in [0.05, 0.1) is 43.2 Å². The maximum atomic E-state index is 14.9. The van der Waals surface area contributed by atoms with Gasteiger partial charge >= 0.3 is 0 Å². The van der Waals surface area contributed by atoms with Gasteiger partial charge < -0.3 is 45.4 Å². The third kappa shape index (κ3) is 8.88. The molecule has 12 nitrogen and oxygen atoms in total. The van der Waals surface area contributed by atoms with Crippen LogP contribution in [0.4, 0.5) is 10.3 Å². The van der Waals surface area contributed by atoms with E-state index in [4.69, 9.17) is 21.4 Å². The molecule has 260 valence electrons. The molecular weight excluding hydrogens is 633 g/mol. The van der Waals surface area contributed by atoms with Gasteiger partial charge in [-0.15, -0.1) is 0 Å². The summed E-state index contributed by atoms with van der Waals surface area (Å²) < 4.78 is 20.7. The van der Waals surface area contributed by atoms with Crippen molar-refractivity contribution in [3.8, 4) is 5.75 Å². The number of nitrogens with zero attached hydrogens (tertiary/aromatic N) is 4. The van der Waals surface area contributed by atoms with Crippen LogP contribution in [0.5, 0.6) is 5.75 Å². The molecular formula is C33H47ClFN5O7. The summed E-state index contributed by atoms with van der Waals surface area (Å²) in [4.78, 5) is 25.3. The number of halogens is 2. The van der Waals surface area contributed by atoms with E-state index in [1.54, 1.807) is 29.4 Å². The van der Waals surface area contributed by atoms with E-state index in [1.807, 2.05) is 0 Å². The summed E-state index contributed by atoms with van der Waals surface area (Å²) >= 11 is 5.93. The van der Waals surface area contributed by atoms with Gasteiger partial charge in [-0.3, -0.25) is 4.79 Å². The van der Waals surface area contributed by atoms with Crippen LogP contribution in [0.1, 0.15) is 44.1 Å². The highest BCUT2D eigenvalue weighted by Crippen LogP contribution is 2.55. The van der Waals surface area contributed by atoms with Crippen LogP contribution in [0.25, 0.3) is 0 Å². The molecule has 6 N–H and O–H groups in total. The summed E-state index contributed by atoms with van der Waals surface area (Å²) in [5, 5.41) is 51.3. The van der Waals surface area contributed by atoms with Crippen molar-refractivity contribution in [1.82, 2.24) is 20.2 Å². The molecule has 3 heterocycles. The molecule has 3 aliphatic rings. The predicted octanol–water partition coefficient (Wildman–Crippen LogP) is 1.15. The van der Waals surface area contributed by atoms with Gasteiger partial charge in [-0.2, -0.15) is 0 Å². The Kier molecular flexibility index (Phi) is 12.3. The van der Waals surface area contributed by atoms with Crippen molar-refractivity contribution in [2.45, 2.75) is 69.4 Å². The molecule has 1 aromatic carbocycles.